The van der Waals surface area contributed by atoms with Crippen LogP contribution in [0.3, 0.4) is 0 Å². The Morgan fingerprint density at radius 2 is 3.25 bits per heavy atom. The maximum Gasteiger partial charge on any atom is 0.309 e. The molecule has 1 radical (unpaired) electrons. The van der Waals surface area contributed by atoms with Gasteiger partial charge in [0, 0.05) is 8.39 Å². The number of carbonyl (C=O) groups excluding carboxylic acids is 1. The fourth-order valence-electron chi connectivity index (χ4n) is 0. The Kier molecular flexibility index (Phi) is 1.09. The van der Waals surface area contributed by atoms with Crippen molar-refractivity contribution in [2.24, 2.45) is 0 Å². The van der Waals surface area contributed by atoms with E-state index in [0.29, 0.717) is 0 Å². The molecule has 0 atom stereocenters. The van der Waals surface area contributed by atoms with E-state index in [1.54, 1.807) is 0 Å². The van der Waals surface area contributed by atoms with Crippen LogP contribution in [0.4, 0.5) is 0 Å². The van der Waals surface area contributed by atoms with Crippen LogP contribution in [0.1, 0.15) is 1.37 Å². The Balaban J connectivity index is 2.40. The van der Waals surface area contributed by atoms with Crippen LogP contribution in [0.25, 0.3) is 0 Å². The topological polar surface area (TPSA) is 29.1 Å². The molecule has 0 fully saturated rings. The smallest absolute Gasteiger partial charge is 0.309 e. The third kappa shape index (κ3) is 1.47. The van der Waals surface area contributed by atoms with Gasteiger partial charge in [-0.3, -0.25) is 4.79 Å². The van der Waals surface area contributed by atoms with Gasteiger partial charge in [-0.2, -0.15) is 0 Å². The van der Waals surface area contributed by atoms with E-state index in [1.165, 1.54) is 6.41 Å². The van der Waals surface area contributed by atoms with Gasteiger partial charge in [0.2, 0.25) is 0 Å². The minimum absolute atomic E-state index is 0.0799. The molecular formula is C2H4NO. The first-order valence-electron chi connectivity index (χ1n) is 1.51. The molecule has 0 aliphatic rings. The van der Waals surface area contributed by atoms with E-state index in [-0.39, 0.29) is 7.02 Å². The molecule has 0 aliphatic carbocycles. The van der Waals surface area contributed by atoms with Gasteiger partial charge in [0.25, 0.3) is 0 Å². The lowest BCUT2D eigenvalue weighted by Gasteiger charge is -1.61. The van der Waals surface area contributed by atoms with Crippen molar-refractivity contribution in [1.82, 2.24) is 5.32 Å². The van der Waals surface area contributed by atoms with Gasteiger partial charge in [0.1, 0.15) is 0 Å². The second-order valence-electron chi connectivity index (χ2n) is 0.279. The molecule has 23 valence electrons. The third-order valence-corrected chi connectivity index (χ3v) is 0.0722. The van der Waals surface area contributed by atoms with Crippen molar-refractivity contribution in [3.8, 4) is 0 Å². The Bertz CT molecular complexity index is 30.8. The van der Waals surface area contributed by atoms with E-state index in [0.717, 1.165) is 0 Å². The summed E-state index contributed by atoms with van der Waals surface area (Å²) in [5.74, 6) is 0. The fourth-order valence-corrected chi connectivity index (χ4v) is 0. The van der Waals surface area contributed by atoms with E-state index < -0.39 is 0 Å². The molecule has 0 aromatic heterocycles. The lowest BCUT2D eigenvalue weighted by molar-refractivity contribution is 0.548. The van der Waals surface area contributed by atoms with Gasteiger partial charge in [-0.1, -0.05) is 0 Å². The molecule has 0 aromatic rings. The van der Waals surface area contributed by atoms with Crippen molar-refractivity contribution < 1.29 is 6.17 Å². The quantitative estimate of drug-likeness (QED) is 0.396. The first-order chi connectivity index (χ1) is 2.41. The van der Waals surface area contributed by atoms with Gasteiger partial charge in [-0.15, -0.1) is 0 Å². The molecule has 0 rings (SSSR count). The van der Waals surface area contributed by atoms with Gasteiger partial charge < -0.3 is 5.32 Å². The highest BCUT2D eigenvalue weighted by atomic mass is 16.1. The van der Waals surface area contributed by atoms with E-state index in [9.17, 15) is 0 Å². The molecule has 0 unspecified atom stereocenters. The summed E-state index contributed by atoms with van der Waals surface area (Å²) < 4.78 is 6.23. The van der Waals surface area contributed by atoms with Crippen LogP contribution < -0.4 is 5.32 Å². The molecule has 0 aliphatic heterocycles. The Hall–Kier alpha value is -0.530. The predicted octanol–water partition coefficient (Wildman–Crippen LogP) is -0.727. The Morgan fingerprint density at radius 1 is 2.50 bits per heavy atom. The highest BCUT2D eigenvalue weighted by Crippen LogP contribution is 1.10. The molecule has 0 aromatic carbocycles. The normalized spacial score (nSPS) is 8.50. The lowest BCUT2D eigenvalue weighted by atomic mass is 11.2. The van der Waals surface area contributed by atoms with E-state index in [1.807, 2.05) is 5.32 Å². The monoisotopic (exact) mass is 59.0 g/mol. The summed E-state index contributed by atoms with van der Waals surface area (Å²) in [5.41, 5.74) is 0. The summed E-state index contributed by atoms with van der Waals surface area (Å²) >= 11 is 0. The van der Waals surface area contributed by atoms with Crippen molar-refractivity contribution in [1.29, 1.82) is 0 Å². The second-order valence-corrected chi connectivity index (χ2v) is 0.279. The largest absolute Gasteiger partial charge is 0.351 e. The minimum Gasteiger partial charge on any atom is -0.351 e. The van der Waals surface area contributed by atoms with Crippen LogP contribution >= 0.6 is 0 Å². The van der Waals surface area contributed by atoms with Gasteiger partial charge in [-0.25, -0.2) is 0 Å². The average molecular weight is 59.1 g/mol. The van der Waals surface area contributed by atoms with E-state index >= 15 is 0 Å². The lowest BCUT2D eigenvalue weighted by Crippen LogP contribution is -1.97. The third-order valence-electron chi connectivity index (χ3n) is 0.0722. The van der Waals surface area contributed by atoms with Crippen molar-refractivity contribution in [2.75, 3.05) is 7.02 Å². The number of hydrogen-bond acceptors (Lipinski definition) is 1. The summed E-state index contributed by atoms with van der Waals surface area (Å²) in [6, 6.07) is 0. The summed E-state index contributed by atoms with van der Waals surface area (Å²) in [7, 11) is -0.0799. The van der Waals surface area contributed by atoms with Gasteiger partial charge in [-0.05, 0) is 0 Å². The molecule has 0 saturated carbocycles. The highest BCUT2D eigenvalue weighted by molar-refractivity contribution is 5.46. The van der Waals surface area contributed by atoms with Crippen LogP contribution in [0.2, 0.25) is 0 Å². The van der Waals surface area contributed by atoms with Gasteiger partial charge in [0.05, 0.1) is 0 Å². The maximum absolute atomic E-state index is 9.05. The molecule has 0 spiro atoms. The summed E-state index contributed by atoms with van der Waals surface area (Å²) in [4.78, 5) is 9.05. The SMILES string of the molecule is [2H]CN[C]=O. The maximum atomic E-state index is 9.05. The number of hydrogen-bond donors (Lipinski definition) is 1. The standard InChI is InChI=1S/C2H4NO/c1-3-2-4/h1H3,(H,3,4)/i1D. The fraction of sp³-hybridized carbons (Fsp3) is 0.500. The van der Waals surface area contributed by atoms with Gasteiger partial charge >= 0.3 is 6.41 Å². The van der Waals surface area contributed by atoms with Crippen molar-refractivity contribution in [3.63, 3.8) is 0 Å². The number of rotatable bonds is 1. The number of nitrogens with one attached hydrogen (secondary N) is 1. The molecule has 2 nitrogen and oxygen atoms in total. The van der Waals surface area contributed by atoms with Gasteiger partial charge in [0.15, 0.2) is 0 Å². The molecule has 2 heteroatoms. The van der Waals surface area contributed by atoms with Crippen LogP contribution in [0.15, 0.2) is 0 Å². The zero-order valence-electron chi connectivity index (χ0n) is 3.12. The molecule has 0 saturated heterocycles. The van der Waals surface area contributed by atoms with Crippen LogP contribution in [-0.4, -0.2) is 13.4 Å². The van der Waals surface area contributed by atoms with Crippen LogP contribution in [0.5, 0.6) is 0 Å². The predicted molar refractivity (Wildman–Crippen MR) is 14.8 cm³/mol. The van der Waals surface area contributed by atoms with E-state index in [4.69, 9.17) is 6.17 Å². The molecule has 4 heavy (non-hydrogen) atoms. The summed E-state index contributed by atoms with van der Waals surface area (Å²) in [6.45, 7) is 0. The van der Waals surface area contributed by atoms with Crippen molar-refractivity contribution in [2.45, 2.75) is 0 Å². The van der Waals surface area contributed by atoms with E-state index in [2.05, 4.69) is 0 Å². The molecule has 1 amide bonds. The van der Waals surface area contributed by atoms with Crippen LogP contribution in [0, 0.1) is 0 Å². The molecule has 1 N–H and O–H groups in total. The highest BCUT2D eigenvalue weighted by Gasteiger charge is 1.47. The summed E-state index contributed by atoms with van der Waals surface area (Å²) in [5, 5.41) is 1.97. The summed E-state index contributed by atoms with van der Waals surface area (Å²) in [6.07, 6.45) is 1.33. The average Bonchev–Trinajstić information content (AvgIpc) is 1.41. The van der Waals surface area contributed by atoms with Crippen molar-refractivity contribution >= 4 is 6.41 Å². The molecule has 0 bridgehead atoms. The minimum atomic E-state index is -0.0799. The van der Waals surface area contributed by atoms with Crippen LogP contribution in [-0.2, 0) is 4.79 Å². The second kappa shape index (κ2) is 2.47. The molecule has 0 heterocycles. The zero-order valence-corrected chi connectivity index (χ0v) is 2.12. The first-order valence-corrected chi connectivity index (χ1v) is 0.808. The number of amides is 1. The first kappa shape index (κ1) is 1.76. The van der Waals surface area contributed by atoms with Crippen molar-refractivity contribution in [3.05, 3.63) is 0 Å². The zero-order chi connectivity index (χ0) is 4.12. The Labute approximate surface area is 26.2 Å². The molecular weight excluding hydrogens is 54.0 g/mol. The Morgan fingerprint density at radius 3 is 3.25 bits per heavy atom.